The van der Waals surface area contributed by atoms with Crippen molar-refractivity contribution in [1.29, 1.82) is 5.26 Å². The molecule has 2 aromatic carbocycles. The average molecular weight is 389 g/mol. The summed E-state index contributed by atoms with van der Waals surface area (Å²) in [6.45, 7) is 6.76. The van der Waals surface area contributed by atoms with Crippen LogP contribution in [0.4, 0.5) is 0 Å². The van der Waals surface area contributed by atoms with E-state index >= 15 is 0 Å². The van der Waals surface area contributed by atoms with Crippen molar-refractivity contribution >= 4 is 11.8 Å². The summed E-state index contributed by atoms with van der Waals surface area (Å²) < 4.78 is 0. The van der Waals surface area contributed by atoms with Gasteiger partial charge in [-0.3, -0.25) is 9.59 Å². The second-order valence-corrected chi connectivity index (χ2v) is 7.47. The van der Waals surface area contributed by atoms with Crippen molar-refractivity contribution in [2.24, 2.45) is 0 Å². The van der Waals surface area contributed by atoms with Crippen molar-refractivity contribution in [2.45, 2.75) is 45.7 Å². The molecule has 0 radical (unpaired) electrons. The van der Waals surface area contributed by atoms with Crippen LogP contribution in [0.5, 0.6) is 0 Å². The molecule has 2 unspecified atom stereocenters. The van der Waals surface area contributed by atoms with Gasteiger partial charge in [0.2, 0.25) is 11.8 Å². The Bertz CT molecular complexity index is 930. The van der Waals surface area contributed by atoms with Crippen LogP contribution in [0, 0.1) is 11.3 Å². The molecule has 0 bridgehead atoms. The Morgan fingerprint density at radius 1 is 1.21 bits per heavy atom. The molecule has 2 amide bonds. The van der Waals surface area contributed by atoms with Gasteiger partial charge in [-0.05, 0) is 49.1 Å². The van der Waals surface area contributed by atoms with Crippen LogP contribution in [0.15, 0.2) is 48.5 Å². The van der Waals surface area contributed by atoms with E-state index in [-0.39, 0.29) is 30.3 Å². The van der Waals surface area contributed by atoms with E-state index < -0.39 is 0 Å². The molecule has 2 aromatic rings. The first-order chi connectivity index (χ1) is 14.0. The molecule has 150 valence electrons. The Kier molecular flexibility index (Phi) is 6.33. The van der Waals surface area contributed by atoms with Crippen molar-refractivity contribution in [3.8, 4) is 6.07 Å². The van der Waals surface area contributed by atoms with Crippen LogP contribution in [-0.4, -0.2) is 34.7 Å². The SMILES string of the molecule is CCN(C(=O)CC1c2ccccc2CCN1C(C)=O)C(C)c1ccc(C#N)cc1. The fraction of sp³-hybridized carbons (Fsp3) is 0.375. The van der Waals surface area contributed by atoms with E-state index in [1.807, 2.05) is 54.0 Å². The van der Waals surface area contributed by atoms with Crippen LogP contribution in [0.25, 0.3) is 0 Å². The smallest absolute Gasteiger partial charge is 0.225 e. The largest absolute Gasteiger partial charge is 0.336 e. The molecule has 1 aliphatic heterocycles. The van der Waals surface area contributed by atoms with E-state index in [0.29, 0.717) is 18.7 Å². The summed E-state index contributed by atoms with van der Waals surface area (Å²) in [7, 11) is 0. The Balaban J connectivity index is 1.83. The number of hydrogen-bond donors (Lipinski definition) is 0. The van der Waals surface area contributed by atoms with Crippen molar-refractivity contribution in [2.75, 3.05) is 13.1 Å². The van der Waals surface area contributed by atoms with Crippen molar-refractivity contribution in [1.82, 2.24) is 9.80 Å². The van der Waals surface area contributed by atoms with Crippen LogP contribution in [-0.2, 0) is 16.0 Å². The lowest BCUT2D eigenvalue weighted by Gasteiger charge is -2.38. The Labute approximate surface area is 172 Å². The van der Waals surface area contributed by atoms with Gasteiger partial charge in [0, 0.05) is 20.0 Å². The maximum Gasteiger partial charge on any atom is 0.225 e. The zero-order chi connectivity index (χ0) is 21.0. The summed E-state index contributed by atoms with van der Waals surface area (Å²) in [5, 5.41) is 9.00. The minimum absolute atomic E-state index is 0.000456. The summed E-state index contributed by atoms with van der Waals surface area (Å²) in [4.78, 5) is 29.2. The number of carbonyl (C=O) groups is 2. The highest BCUT2D eigenvalue weighted by molar-refractivity contribution is 5.80. The number of nitriles is 1. The van der Waals surface area contributed by atoms with E-state index in [9.17, 15) is 9.59 Å². The van der Waals surface area contributed by atoms with E-state index in [0.717, 1.165) is 17.5 Å². The van der Waals surface area contributed by atoms with E-state index in [1.54, 1.807) is 19.1 Å². The van der Waals surface area contributed by atoms with Crippen LogP contribution >= 0.6 is 0 Å². The van der Waals surface area contributed by atoms with Crippen molar-refractivity contribution in [3.63, 3.8) is 0 Å². The third-order valence-electron chi connectivity index (χ3n) is 5.84. The maximum absolute atomic E-state index is 13.3. The number of rotatable bonds is 5. The van der Waals surface area contributed by atoms with Gasteiger partial charge in [0.1, 0.15) is 0 Å². The third-order valence-corrected chi connectivity index (χ3v) is 5.84. The van der Waals surface area contributed by atoms with Crippen LogP contribution in [0.3, 0.4) is 0 Å². The maximum atomic E-state index is 13.3. The molecule has 0 N–H and O–H groups in total. The minimum Gasteiger partial charge on any atom is -0.336 e. The van der Waals surface area contributed by atoms with E-state index in [2.05, 4.69) is 12.1 Å². The van der Waals surface area contributed by atoms with Gasteiger partial charge >= 0.3 is 0 Å². The molecule has 5 heteroatoms. The molecule has 1 heterocycles. The van der Waals surface area contributed by atoms with Gasteiger partial charge in [0.25, 0.3) is 0 Å². The fourth-order valence-corrected chi connectivity index (χ4v) is 4.21. The number of hydrogen-bond acceptors (Lipinski definition) is 3. The summed E-state index contributed by atoms with van der Waals surface area (Å²) in [6.07, 6.45) is 1.09. The molecule has 5 nitrogen and oxygen atoms in total. The number of benzene rings is 2. The molecule has 1 aliphatic rings. The lowest BCUT2D eigenvalue weighted by Crippen LogP contribution is -2.42. The highest BCUT2D eigenvalue weighted by atomic mass is 16.2. The molecule has 0 aromatic heterocycles. The highest BCUT2D eigenvalue weighted by Gasteiger charge is 2.32. The molecule has 0 fully saturated rings. The summed E-state index contributed by atoms with van der Waals surface area (Å²) in [6, 6.07) is 17.2. The second-order valence-electron chi connectivity index (χ2n) is 7.47. The summed E-state index contributed by atoms with van der Waals surface area (Å²) >= 11 is 0. The zero-order valence-corrected chi connectivity index (χ0v) is 17.3. The molecule has 3 rings (SSSR count). The molecule has 2 atom stereocenters. The number of amides is 2. The standard InChI is InChI=1S/C24H27N3O2/c1-4-26(17(2)20-11-9-19(16-25)10-12-20)24(29)15-23-22-8-6-5-7-21(22)13-14-27(23)18(3)28/h5-12,17,23H,4,13-15H2,1-3H3. The summed E-state index contributed by atoms with van der Waals surface area (Å²) in [5.74, 6) is 0.0257. The number of carbonyl (C=O) groups excluding carboxylic acids is 2. The second kappa shape index (κ2) is 8.91. The minimum atomic E-state index is -0.229. The fourth-order valence-electron chi connectivity index (χ4n) is 4.21. The van der Waals surface area contributed by atoms with Crippen LogP contribution in [0.1, 0.15) is 61.5 Å². The molecular weight excluding hydrogens is 362 g/mol. The Morgan fingerprint density at radius 2 is 1.90 bits per heavy atom. The Hall–Kier alpha value is -3.13. The van der Waals surface area contributed by atoms with Gasteiger partial charge in [-0.15, -0.1) is 0 Å². The molecule has 0 spiro atoms. The van der Waals surface area contributed by atoms with Crippen LogP contribution in [0.2, 0.25) is 0 Å². The lowest BCUT2D eigenvalue weighted by atomic mass is 9.90. The normalized spacial score (nSPS) is 16.5. The molecular formula is C24H27N3O2. The van der Waals surface area contributed by atoms with Crippen molar-refractivity contribution < 1.29 is 9.59 Å². The molecule has 0 saturated carbocycles. The van der Waals surface area contributed by atoms with E-state index in [1.165, 1.54) is 5.56 Å². The lowest BCUT2D eigenvalue weighted by molar-refractivity contribution is -0.137. The number of nitrogens with zero attached hydrogens (tertiary/aromatic N) is 3. The average Bonchev–Trinajstić information content (AvgIpc) is 2.74. The van der Waals surface area contributed by atoms with Gasteiger partial charge < -0.3 is 9.80 Å². The monoisotopic (exact) mass is 389 g/mol. The van der Waals surface area contributed by atoms with Gasteiger partial charge in [-0.25, -0.2) is 0 Å². The highest BCUT2D eigenvalue weighted by Crippen LogP contribution is 2.33. The first-order valence-corrected chi connectivity index (χ1v) is 10.1. The first kappa shape index (κ1) is 20.6. The first-order valence-electron chi connectivity index (χ1n) is 10.1. The Morgan fingerprint density at radius 3 is 2.52 bits per heavy atom. The zero-order valence-electron chi connectivity index (χ0n) is 17.3. The molecule has 29 heavy (non-hydrogen) atoms. The van der Waals surface area contributed by atoms with Gasteiger partial charge in [0.05, 0.1) is 30.1 Å². The van der Waals surface area contributed by atoms with Crippen molar-refractivity contribution in [3.05, 3.63) is 70.8 Å². The predicted molar refractivity (Wildman–Crippen MR) is 112 cm³/mol. The quantitative estimate of drug-likeness (QED) is 0.776. The van der Waals surface area contributed by atoms with Crippen LogP contribution < -0.4 is 0 Å². The predicted octanol–water partition coefficient (Wildman–Crippen LogP) is 4.00. The molecule has 0 aliphatic carbocycles. The van der Waals surface area contributed by atoms with E-state index in [4.69, 9.17) is 5.26 Å². The van der Waals surface area contributed by atoms with Gasteiger partial charge in [-0.2, -0.15) is 5.26 Å². The molecule has 0 saturated heterocycles. The summed E-state index contributed by atoms with van der Waals surface area (Å²) in [5.41, 5.74) is 3.88. The topological polar surface area (TPSA) is 64.4 Å². The number of fused-ring (bicyclic) bond motifs is 1. The third kappa shape index (κ3) is 4.32. The van der Waals surface area contributed by atoms with Gasteiger partial charge in [-0.1, -0.05) is 36.4 Å². The van der Waals surface area contributed by atoms with Gasteiger partial charge in [0.15, 0.2) is 0 Å².